The third-order valence-corrected chi connectivity index (χ3v) is 0.810. The first-order valence-electron chi connectivity index (χ1n) is 2.56. The van der Waals surface area contributed by atoms with Gasteiger partial charge in [-0.05, 0) is 0 Å². The zero-order valence-corrected chi connectivity index (χ0v) is 5.60. The van der Waals surface area contributed by atoms with Crippen LogP contribution in [0.25, 0.3) is 0 Å². The van der Waals surface area contributed by atoms with Gasteiger partial charge in [-0.25, -0.2) is 0 Å². The van der Waals surface area contributed by atoms with E-state index in [1.807, 2.05) is 0 Å². The number of hydrogen-bond acceptors (Lipinski definition) is 6. The Morgan fingerprint density at radius 3 is 1.30 bits per heavy atom. The van der Waals surface area contributed by atoms with Crippen LogP contribution in [0, 0.1) is 0 Å². The molecule has 1 saturated heterocycles. The summed E-state index contributed by atoms with van der Waals surface area (Å²) < 4.78 is 9.07. The lowest BCUT2D eigenvalue weighted by Gasteiger charge is -2.23. The van der Waals surface area contributed by atoms with E-state index in [0.29, 0.717) is 0 Å². The van der Waals surface area contributed by atoms with E-state index in [0.717, 1.165) is 0 Å². The van der Waals surface area contributed by atoms with Crippen LogP contribution in [0.4, 0.5) is 0 Å². The summed E-state index contributed by atoms with van der Waals surface area (Å²) in [6.07, 6.45) is 0. The molecule has 1 heterocycles. The van der Waals surface area contributed by atoms with Crippen LogP contribution in [0.1, 0.15) is 0 Å². The summed E-state index contributed by atoms with van der Waals surface area (Å²) in [6, 6.07) is 0. The molecule has 0 aromatic carbocycles. The van der Waals surface area contributed by atoms with E-state index >= 15 is 0 Å². The molecule has 0 aromatic heterocycles. The topological polar surface area (TPSA) is 55.4 Å². The van der Waals surface area contributed by atoms with Gasteiger partial charge in [0.05, 0.1) is 0 Å². The fraction of sp³-hybridized carbons (Fsp3) is 1.00. The van der Waals surface area contributed by atoms with Crippen LogP contribution in [0.15, 0.2) is 0 Å². The molecule has 60 valence electrons. The molecule has 0 aliphatic carbocycles. The Kier molecular flexibility index (Phi) is 3.00. The Bertz CT molecular complexity index is 75.7. The molecule has 1 rings (SSSR count). The van der Waals surface area contributed by atoms with E-state index in [1.54, 1.807) is 0 Å². The molecule has 1 aliphatic heterocycles. The SMILES string of the molecule is COC1OOC(OC)OO1. The van der Waals surface area contributed by atoms with Crippen molar-refractivity contribution in [3.63, 3.8) is 0 Å². The molecule has 0 N–H and O–H groups in total. The lowest BCUT2D eigenvalue weighted by Crippen LogP contribution is -2.34. The third-order valence-electron chi connectivity index (χ3n) is 0.810. The summed E-state index contributed by atoms with van der Waals surface area (Å²) in [7, 11) is 2.76. The highest BCUT2D eigenvalue weighted by molar-refractivity contribution is 4.14. The van der Waals surface area contributed by atoms with E-state index in [1.165, 1.54) is 14.2 Å². The number of ether oxygens (including phenoxy) is 2. The average Bonchev–Trinajstić information content (AvgIpc) is 2.05. The number of hydrogen-bond donors (Lipinski definition) is 0. The second-order valence-corrected chi connectivity index (χ2v) is 1.43. The third kappa shape index (κ3) is 1.87. The van der Waals surface area contributed by atoms with E-state index in [9.17, 15) is 0 Å². The minimum Gasteiger partial charge on any atom is -0.330 e. The van der Waals surface area contributed by atoms with Gasteiger partial charge >= 0.3 is 13.0 Å². The van der Waals surface area contributed by atoms with Crippen LogP contribution in [0.2, 0.25) is 0 Å². The van der Waals surface area contributed by atoms with E-state index in [-0.39, 0.29) is 0 Å². The molecule has 0 aromatic rings. The van der Waals surface area contributed by atoms with Crippen molar-refractivity contribution in [2.75, 3.05) is 14.2 Å². The molecule has 10 heavy (non-hydrogen) atoms. The zero-order chi connectivity index (χ0) is 7.40. The maximum Gasteiger partial charge on any atom is 0.329 e. The molecule has 6 nitrogen and oxygen atoms in total. The van der Waals surface area contributed by atoms with Crippen molar-refractivity contribution < 1.29 is 29.0 Å². The van der Waals surface area contributed by atoms with Gasteiger partial charge in [0.2, 0.25) is 0 Å². The van der Waals surface area contributed by atoms with Gasteiger partial charge in [-0.1, -0.05) is 0 Å². The Hall–Kier alpha value is -0.240. The molecule has 0 atom stereocenters. The lowest BCUT2D eigenvalue weighted by atomic mass is 11.2. The van der Waals surface area contributed by atoms with E-state index < -0.39 is 13.0 Å². The first-order chi connectivity index (χ1) is 4.86. The summed E-state index contributed by atoms with van der Waals surface area (Å²) in [6.45, 7) is -1.90. The van der Waals surface area contributed by atoms with Gasteiger partial charge in [-0.2, -0.15) is 19.6 Å². The van der Waals surface area contributed by atoms with Gasteiger partial charge in [-0.3, -0.25) is 0 Å². The minimum atomic E-state index is -0.952. The molecule has 1 aliphatic rings. The molecule has 0 spiro atoms. The highest BCUT2D eigenvalue weighted by atomic mass is 17.4. The monoisotopic (exact) mass is 152 g/mol. The van der Waals surface area contributed by atoms with Gasteiger partial charge in [0, 0.05) is 14.2 Å². The lowest BCUT2D eigenvalue weighted by molar-refractivity contribution is -0.655. The summed E-state index contributed by atoms with van der Waals surface area (Å²) >= 11 is 0. The normalized spacial score (nSPS) is 34.2. The second-order valence-electron chi connectivity index (χ2n) is 1.43. The standard InChI is InChI=1S/C4H8O6/c1-5-3-7-9-4(6-2)10-8-3/h3-4H,1-2H3. The molecule has 0 saturated carbocycles. The Balaban J connectivity index is 2.17. The van der Waals surface area contributed by atoms with Gasteiger partial charge in [-0.15, -0.1) is 0 Å². The minimum absolute atomic E-state index is 0.952. The largest absolute Gasteiger partial charge is 0.330 e. The fourth-order valence-electron chi connectivity index (χ4n) is 0.371. The Labute approximate surface area is 57.4 Å². The molecular weight excluding hydrogens is 144 g/mol. The molecule has 6 heteroatoms. The Morgan fingerprint density at radius 2 is 1.10 bits per heavy atom. The average molecular weight is 152 g/mol. The molecule has 0 amide bonds. The smallest absolute Gasteiger partial charge is 0.329 e. The summed E-state index contributed by atoms with van der Waals surface area (Å²) in [5.74, 6) is 0. The highest BCUT2D eigenvalue weighted by Gasteiger charge is 2.24. The van der Waals surface area contributed by atoms with Crippen LogP contribution < -0.4 is 0 Å². The van der Waals surface area contributed by atoms with Crippen LogP contribution in [0.3, 0.4) is 0 Å². The first kappa shape index (κ1) is 7.86. The number of rotatable bonds is 2. The van der Waals surface area contributed by atoms with Gasteiger partial charge in [0.25, 0.3) is 0 Å². The maximum absolute atomic E-state index is 4.53. The van der Waals surface area contributed by atoms with Crippen molar-refractivity contribution in [1.82, 2.24) is 0 Å². The van der Waals surface area contributed by atoms with Crippen LogP contribution in [-0.4, -0.2) is 27.2 Å². The van der Waals surface area contributed by atoms with Crippen molar-refractivity contribution in [3.8, 4) is 0 Å². The quantitative estimate of drug-likeness (QED) is 0.509. The van der Waals surface area contributed by atoms with Crippen molar-refractivity contribution in [2.45, 2.75) is 13.0 Å². The van der Waals surface area contributed by atoms with E-state index in [4.69, 9.17) is 0 Å². The molecule has 0 radical (unpaired) electrons. The maximum atomic E-state index is 4.53. The molecular formula is C4H8O6. The Morgan fingerprint density at radius 1 is 0.800 bits per heavy atom. The van der Waals surface area contributed by atoms with Gasteiger partial charge < -0.3 is 9.47 Å². The zero-order valence-electron chi connectivity index (χ0n) is 5.60. The summed E-state index contributed by atoms with van der Waals surface area (Å²) in [5, 5.41) is 0. The predicted molar refractivity (Wildman–Crippen MR) is 25.9 cm³/mol. The van der Waals surface area contributed by atoms with Crippen molar-refractivity contribution in [3.05, 3.63) is 0 Å². The molecule has 1 fully saturated rings. The predicted octanol–water partition coefficient (Wildman–Crippen LogP) is -0.244. The van der Waals surface area contributed by atoms with Crippen LogP contribution >= 0.6 is 0 Å². The second kappa shape index (κ2) is 3.81. The summed E-state index contributed by atoms with van der Waals surface area (Å²) in [5.41, 5.74) is 0. The molecule has 0 unspecified atom stereocenters. The van der Waals surface area contributed by atoms with Gasteiger partial charge in [0.15, 0.2) is 0 Å². The molecule has 0 bridgehead atoms. The van der Waals surface area contributed by atoms with Crippen LogP contribution in [-0.2, 0) is 29.0 Å². The van der Waals surface area contributed by atoms with Gasteiger partial charge in [0.1, 0.15) is 0 Å². The number of methoxy groups -OCH3 is 2. The van der Waals surface area contributed by atoms with Crippen LogP contribution in [0.5, 0.6) is 0 Å². The van der Waals surface area contributed by atoms with Crippen molar-refractivity contribution >= 4 is 0 Å². The fourth-order valence-corrected chi connectivity index (χ4v) is 0.371. The van der Waals surface area contributed by atoms with Crippen molar-refractivity contribution in [1.29, 1.82) is 0 Å². The van der Waals surface area contributed by atoms with Crippen molar-refractivity contribution in [2.24, 2.45) is 0 Å². The van der Waals surface area contributed by atoms with E-state index in [2.05, 4.69) is 29.0 Å². The first-order valence-corrected chi connectivity index (χ1v) is 2.56. The summed E-state index contributed by atoms with van der Waals surface area (Å²) in [4.78, 5) is 17.7. The highest BCUT2D eigenvalue weighted by Crippen LogP contribution is 2.10.